The van der Waals surface area contributed by atoms with Crippen LogP contribution in [0.15, 0.2) is 63.1 Å². The van der Waals surface area contributed by atoms with E-state index in [1.54, 1.807) is 7.05 Å². The van der Waals surface area contributed by atoms with Crippen molar-refractivity contribution in [2.45, 2.75) is 39.2 Å². The lowest BCUT2D eigenvalue weighted by atomic mass is 9.91. The molecule has 8 nitrogen and oxygen atoms in total. The predicted octanol–water partition coefficient (Wildman–Crippen LogP) is 3.69. The van der Waals surface area contributed by atoms with E-state index in [-0.39, 0.29) is 37.8 Å². The summed E-state index contributed by atoms with van der Waals surface area (Å²) in [7, 11) is 1.61. The van der Waals surface area contributed by atoms with Crippen LogP contribution in [0.5, 0.6) is 5.75 Å². The zero-order valence-corrected chi connectivity index (χ0v) is 21.9. The van der Waals surface area contributed by atoms with Gasteiger partial charge in [-0.05, 0) is 61.1 Å². The van der Waals surface area contributed by atoms with Gasteiger partial charge in [-0.2, -0.15) is 4.99 Å². The van der Waals surface area contributed by atoms with Gasteiger partial charge in [0, 0.05) is 18.0 Å². The summed E-state index contributed by atoms with van der Waals surface area (Å²) in [5.41, 5.74) is 1.93. The first kappa shape index (κ1) is 26.9. The average Bonchev–Trinajstić information content (AvgIpc) is 2.91. The number of nitrogens with zero attached hydrogens (tertiary/aromatic N) is 3. The van der Waals surface area contributed by atoms with E-state index in [0.29, 0.717) is 40.9 Å². The number of rotatable bonds is 10. The molecular formula is C28H32ClN3O5. The molecule has 0 saturated heterocycles. The van der Waals surface area contributed by atoms with Gasteiger partial charge in [-0.25, -0.2) is 4.79 Å². The fraction of sp³-hybridized carbons (Fsp3) is 0.393. The Kier molecular flexibility index (Phi) is 8.97. The Labute approximate surface area is 220 Å². The van der Waals surface area contributed by atoms with E-state index in [1.165, 1.54) is 9.13 Å². The van der Waals surface area contributed by atoms with Crippen molar-refractivity contribution in [3.8, 4) is 5.75 Å². The molecule has 0 fully saturated rings. The van der Waals surface area contributed by atoms with Gasteiger partial charge in [0.1, 0.15) is 11.6 Å². The number of aliphatic hydroxyl groups is 1. The Bertz CT molecular complexity index is 1380. The zero-order valence-electron chi connectivity index (χ0n) is 21.2. The first-order valence-electron chi connectivity index (χ1n) is 12.5. The van der Waals surface area contributed by atoms with Crippen LogP contribution >= 0.6 is 11.6 Å². The van der Waals surface area contributed by atoms with Crippen LogP contribution in [0.4, 0.5) is 5.82 Å². The fourth-order valence-corrected chi connectivity index (χ4v) is 4.59. The number of halogens is 1. The molecule has 2 heterocycles. The number of hydrogen-bond donors (Lipinski definition) is 1. The topological polar surface area (TPSA) is 95.1 Å². The molecule has 0 spiro atoms. The van der Waals surface area contributed by atoms with Crippen LogP contribution < -0.4 is 16.0 Å². The lowest BCUT2D eigenvalue weighted by molar-refractivity contribution is 0.0857. The van der Waals surface area contributed by atoms with Crippen molar-refractivity contribution >= 4 is 23.3 Å². The third-order valence-electron chi connectivity index (χ3n) is 6.54. The van der Waals surface area contributed by atoms with Gasteiger partial charge in [0.15, 0.2) is 5.90 Å². The van der Waals surface area contributed by atoms with Gasteiger partial charge in [-0.3, -0.25) is 13.9 Å². The van der Waals surface area contributed by atoms with Gasteiger partial charge in [-0.15, -0.1) is 0 Å². The van der Waals surface area contributed by atoms with Crippen LogP contribution in [0.25, 0.3) is 0 Å². The minimum atomic E-state index is -0.466. The summed E-state index contributed by atoms with van der Waals surface area (Å²) in [4.78, 5) is 31.1. The first-order valence-corrected chi connectivity index (χ1v) is 12.9. The highest BCUT2D eigenvalue weighted by Gasteiger charge is 2.30. The van der Waals surface area contributed by atoms with Crippen molar-refractivity contribution in [3.63, 3.8) is 0 Å². The monoisotopic (exact) mass is 525 g/mol. The number of aromatic nitrogens is 2. The summed E-state index contributed by atoms with van der Waals surface area (Å²) in [6.07, 6.45) is 2.74. The van der Waals surface area contributed by atoms with Crippen LogP contribution in [0.3, 0.4) is 0 Å². The number of aliphatic hydroxyl groups excluding tert-OH is 1. The van der Waals surface area contributed by atoms with Gasteiger partial charge >= 0.3 is 5.69 Å². The summed E-state index contributed by atoms with van der Waals surface area (Å²) >= 11 is 6.04. The second-order valence-electron chi connectivity index (χ2n) is 9.06. The lowest BCUT2D eigenvalue weighted by Crippen LogP contribution is -2.44. The van der Waals surface area contributed by atoms with Crippen LogP contribution in [0.2, 0.25) is 5.02 Å². The highest BCUT2D eigenvalue weighted by atomic mass is 35.5. The van der Waals surface area contributed by atoms with Crippen molar-refractivity contribution in [1.29, 1.82) is 0 Å². The van der Waals surface area contributed by atoms with E-state index < -0.39 is 5.69 Å². The quantitative estimate of drug-likeness (QED) is 0.407. The summed E-state index contributed by atoms with van der Waals surface area (Å²) in [6, 6.07) is 15.6. The largest absolute Gasteiger partial charge is 0.443 e. The van der Waals surface area contributed by atoms with Crippen molar-refractivity contribution in [1.82, 2.24) is 9.13 Å². The number of ether oxygens (including phenoxy) is 2. The van der Waals surface area contributed by atoms with Crippen molar-refractivity contribution in [3.05, 3.63) is 91.1 Å². The maximum absolute atomic E-state index is 13.4. The second kappa shape index (κ2) is 12.4. The third kappa shape index (κ3) is 6.39. The molecule has 0 radical (unpaired) electrons. The smallest absolute Gasteiger partial charge is 0.332 e. The molecule has 196 valence electrons. The van der Waals surface area contributed by atoms with Gasteiger partial charge in [0.25, 0.3) is 5.56 Å². The molecule has 1 aliphatic rings. The van der Waals surface area contributed by atoms with E-state index in [2.05, 4.69) is 6.92 Å². The number of aryl methyl sites for hydroxylation is 2. The maximum Gasteiger partial charge on any atom is 0.332 e. The highest BCUT2D eigenvalue weighted by Crippen LogP contribution is 2.30. The van der Waals surface area contributed by atoms with E-state index in [4.69, 9.17) is 31.2 Å². The number of fused-ring (bicyclic) bond motifs is 1. The molecule has 2 aromatic carbocycles. The number of hydrogen-bond acceptors (Lipinski definition) is 6. The molecule has 0 aliphatic carbocycles. The normalized spacial score (nSPS) is 14.8. The van der Waals surface area contributed by atoms with Crippen LogP contribution in [0, 0.1) is 5.92 Å². The molecule has 0 saturated carbocycles. The first-order chi connectivity index (χ1) is 17.9. The van der Waals surface area contributed by atoms with Crippen LogP contribution in [-0.4, -0.2) is 40.0 Å². The van der Waals surface area contributed by atoms with Gasteiger partial charge in [0.05, 0.1) is 31.9 Å². The average molecular weight is 526 g/mol. The molecule has 3 aromatic rings. The molecule has 1 atom stereocenters. The molecule has 4 rings (SSSR count). The SMILES string of the molecule is CCc1cccc(OC2=Nc3c(c(=O)n(CCOCCO)c(=O)n3C)CC2CCc2ccc(Cl)cc2)c1. The standard InChI is InChI=1S/C28H32ClN3O5/c1-3-19-5-4-6-23(17-19)37-26-21(10-7-20-8-11-22(29)12-9-20)18-24-25(30-26)31(2)28(35)32(27(24)34)13-15-36-16-14-33/h4-6,8-9,11-12,17,21,33H,3,7,10,13-16,18H2,1-2H3. The van der Waals surface area contributed by atoms with Crippen LogP contribution in [0.1, 0.15) is 30.0 Å². The third-order valence-corrected chi connectivity index (χ3v) is 6.80. The van der Waals surface area contributed by atoms with Crippen molar-refractivity contribution in [2.75, 3.05) is 19.8 Å². The van der Waals surface area contributed by atoms with E-state index >= 15 is 0 Å². The zero-order chi connectivity index (χ0) is 26.4. The van der Waals surface area contributed by atoms with Crippen molar-refractivity contribution < 1.29 is 14.6 Å². The minimum absolute atomic E-state index is 0.102. The van der Waals surface area contributed by atoms with Crippen molar-refractivity contribution in [2.24, 2.45) is 18.0 Å². The minimum Gasteiger partial charge on any atom is -0.443 e. The second-order valence-corrected chi connectivity index (χ2v) is 9.49. The highest BCUT2D eigenvalue weighted by molar-refractivity contribution is 6.30. The Morgan fingerprint density at radius 2 is 1.89 bits per heavy atom. The summed E-state index contributed by atoms with van der Waals surface area (Å²) in [5, 5.41) is 9.60. The van der Waals surface area contributed by atoms with Crippen LogP contribution in [-0.2, 0) is 37.6 Å². The molecule has 1 aliphatic heterocycles. The Morgan fingerprint density at radius 1 is 1.11 bits per heavy atom. The number of aliphatic imine (C=N–C) groups is 1. The number of benzene rings is 2. The van der Waals surface area contributed by atoms with E-state index in [1.807, 2.05) is 48.5 Å². The molecule has 0 bridgehead atoms. The van der Waals surface area contributed by atoms with E-state index in [0.717, 1.165) is 24.0 Å². The molecule has 37 heavy (non-hydrogen) atoms. The van der Waals surface area contributed by atoms with Gasteiger partial charge in [-0.1, -0.05) is 42.8 Å². The lowest BCUT2D eigenvalue weighted by Gasteiger charge is -2.26. The molecule has 1 unspecified atom stereocenters. The summed E-state index contributed by atoms with van der Waals surface area (Å²) in [6.45, 7) is 2.37. The van der Waals surface area contributed by atoms with Gasteiger partial charge < -0.3 is 14.6 Å². The summed E-state index contributed by atoms with van der Waals surface area (Å²) < 4.78 is 14.1. The van der Waals surface area contributed by atoms with E-state index in [9.17, 15) is 9.59 Å². The maximum atomic E-state index is 13.4. The Balaban J connectivity index is 1.69. The molecular weight excluding hydrogens is 494 g/mol. The fourth-order valence-electron chi connectivity index (χ4n) is 4.46. The summed E-state index contributed by atoms with van der Waals surface area (Å²) in [5.74, 6) is 1.34. The molecule has 1 aromatic heterocycles. The molecule has 0 amide bonds. The molecule has 9 heteroatoms. The molecule has 1 N–H and O–H groups in total. The Morgan fingerprint density at radius 3 is 2.62 bits per heavy atom. The van der Waals surface area contributed by atoms with Gasteiger partial charge in [0.2, 0.25) is 0 Å². The predicted molar refractivity (Wildman–Crippen MR) is 144 cm³/mol. The Hall–Kier alpha value is -3.20.